The summed E-state index contributed by atoms with van der Waals surface area (Å²) in [7, 11) is 0. The Morgan fingerprint density at radius 3 is 2.68 bits per heavy atom. The van der Waals surface area contributed by atoms with Crippen molar-refractivity contribution >= 4 is 18.2 Å². The molecule has 0 radical (unpaired) electrons. The number of aromatic nitrogens is 1. The predicted octanol–water partition coefficient (Wildman–Crippen LogP) is 1.82. The molecule has 2 rings (SSSR count). The molecule has 1 fully saturated rings. The zero-order valence-electron chi connectivity index (χ0n) is 17.0. The van der Waals surface area contributed by atoms with E-state index in [1.54, 1.807) is 0 Å². The third kappa shape index (κ3) is 6.29. The molecular formula is C19H25F3N4O5. The normalized spacial score (nSPS) is 18.2. The molecule has 12 heteroatoms. The topological polar surface area (TPSA) is 115 Å². The van der Waals surface area contributed by atoms with Crippen molar-refractivity contribution < 1.29 is 38.0 Å². The van der Waals surface area contributed by atoms with E-state index in [0.717, 1.165) is 12.5 Å². The number of hydrogen-bond acceptors (Lipinski definition) is 5. The maximum atomic E-state index is 13.0. The Hall–Kier alpha value is -2.89. The summed E-state index contributed by atoms with van der Waals surface area (Å²) < 4.78 is 38.3. The van der Waals surface area contributed by atoms with Crippen LogP contribution in [0.5, 0.6) is 0 Å². The van der Waals surface area contributed by atoms with Gasteiger partial charge in [-0.1, -0.05) is 19.8 Å². The van der Waals surface area contributed by atoms with Gasteiger partial charge >= 0.3 is 6.18 Å². The van der Waals surface area contributed by atoms with Crippen molar-refractivity contribution in [1.82, 2.24) is 14.7 Å². The number of hydrogen-bond donors (Lipinski definition) is 2. The molecule has 1 aliphatic heterocycles. The molecule has 0 unspecified atom stereocenters. The summed E-state index contributed by atoms with van der Waals surface area (Å²) in [5.74, 6) is -1.90. The van der Waals surface area contributed by atoms with Gasteiger partial charge in [0, 0.05) is 6.54 Å². The number of likely N-dealkylation sites (tertiary alicyclic amines) is 1. The van der Waals surface area contributed by atoms with Gasteiger partial charge in [0.1, 0.15) is 6.04 Å². The molecule has 2 atom stereocenters. The average Bonchev–Trinajstić information content (AvgIpc) is 3.21. The minimum absolute atomic E-state index is 0.111. The number of carbonyl (C=O) groups excluding carboxylic acids is 3. The van der Waals surface area contributed by atoms with Gasteiger partial charge in [-0.05, 0) is 31.4 Å². The van der Waals surface area contributed by atoms with Gasteiger partial charge in [-0.3, -0.25) is 19.6 Å². The molecule has 0 spiro atoms. The molecule has 3 amide bonds. The minimum atomic E-state index is -4.67. The van der Waals surface area contributed by atoms with E-state index in [2.05, 4.69) is 4.99 Å². The van der Waals surface area contributed by atoms with Gasteiger partial charge in [-0.15, -0.1) is 0 Å². The summed E-state index contributed by atoms with van der Waals surface area (Å²) >= 11 is 0. The van der Waals surface area contributed by atoms with Crippen molar-refractivity contribution in [3.05, 3.63) is 29.4 Å². The Labute approximate surface area is 176 Å². The fourth-order valence-electron chi connectivity index (χ4n) is 3.46. The first-order valence-corrected chi connectivity index (χ1v) is 9.87. The first-order chi connectivity index (χ1) is 14.6. The van der Waals surface area contributed by atoms with E-state index in [-0.39, 0.29) is 24.2 Å². The van der Waals surface area contributed by atoms with E-state index in [9.17, 15) is 38.0 Å². The number of unbranched alkanes of at least 4 members (excludes halogenated alkanes) is 1. The van der Waals surface area contributed by atoms with Crippen LogP contribution < -0.4 is 5.49 Å². The zero-order chi connectivity index (χ0) is 23.2. The SMILES string of the molecule is CCCC[C@H](CN(O)C=O)C(=O)N1CCC[C@H]1C(=O)N=c1ccc(C(F)(F)F)cn1O. The summed E-state index contributed by atoms with van der Waals surface area (Å²) in [4.78, 5) is 41.4. The second kappa shape index (κ2) is 10.4. The molecule has 1 saturated heterocycles. The van der Waals surface area contributed by atoms with Gasteiger partial charge in [0.15, 0.2) is 5.49 Å². The molecule has 172 valence electrons. The number of nitrogens with zero attached hydrogens (tertiary/aromatic N) is 4. The number of rotatable bonds is 8. The molecular weight excluding hydrogens is 421 g/mol. The van der Waals surface area contributed by atoms with Crippen molar-refractivity contribution in [2.24, 2.45) is 10.9 Å². The molecule has 0 bridgehead atoms. The molecule has 0 saturated carbocycles. The molecule has 0 aromatic carbocycles. The van der Waals surface area contributed by atoms with Crippen LogP contribution in [0.4, 0.5) is 13.2 Å². The molecule has 2 heterocycles. The van der Waals surface area contributed by atoms with Gasteiger partial charge in [0.05, 0.1) is 24.2 Å². The summed E-state index contributed by atoms with van der Waals surface area (Å²) in [6.45, 7) is 1.98. The van der Waals surface area contributed by atoms with Gasteiger partial charge in [-0.2, -0.15) is 22.9 Å². The number of carbonyl (C=O) groups is 3. The molecule has 9 nitrogen and oxygen atoms in total. The molecule has 1 aromatic heterocycles. The highest BCUT2D eigenvalue weighted by molar-refractivity contribution is 5.89. The van der Waals surface area contributed by atoms with Crippen molar-refractivity contribution in [2.45, 2.75) is 51.2 Å². The van der Waals surface area contributed by atoms with Gasteiger partial charge in [0.2, 0.25) is 12.3 Å². The third-order valence-electron chi connectivity index (χ3n) is 5.07. The summed E-state index contributed by atoms with van der Waals surface area (Å²) in [5.41, 5.74) is -1.51. The highest BCUT2D eigenvalue weighted by Crippen LogP contribution is 2.28. The van der Waals surface area contributed by atoms with Crippen molar-refractivity contribution in [2.75, 3.05) is 13.1 Å². The van der Waals surface area contributed by atoms with Crippen LogP contribution in [0.3, 0.4) is 0 Å². The van der Waals surface area contributed by atoms with Crippen LogP contribution in [0.25, 0.3) is 0 Å². The molecule has 31 heavy (non-hydrogen) atoms. The standard InChI is InChI=1S/C19H25F3N4O5/c1-2-3-5-13(10-24(30)12-27)18(29)25-9-4-6-15(25)17(28)23-16-8-7-14(11-26(16)31)19(20,21)22/h7-8,11-13,15,30-31H,2-6,9-10H2,1H3/t13-,15+/m1/s1. The monoisotopic (exact) mass is 446 g/mol. The Morgan fingerprint density at radius 2 is 2.10 bits per heavy atom. The highest BCUT2D eigenvalue weighted by Gasteiger charge is 2.37. The van der Waals surface area contributed by atoms with Crippen LogP contribution in [-0.2, 0) is 20.6 Å². The Balaban J connectivity index is 2.23. The van der Waals surface area contributed by atoms with Crippen LogP contribution >= 0.6 is 0 Å². The lowest BCUT2D eigenvalue weighted by atomic mass is 9.99. The largest absolute Gasteiger partial charge is 0.427 e. The number of hydroxylamine groups is 2. The van der Waals surface area contributed by atoms with Crippen molar-refractivity contribution in [1.29, 1.82) is 0 Å². The number of pyridine rings is 1. The Bertz CT molecular complexity index is 871. The van der Waals surface area contributed by atoms with E-state index < -0.39 is 41.0 Å². The van der Waals surface area contributed by atoms with Crippen LogP contribution in [-0.4, -0.2) is 62.5 Å². The van der Waals surface area contributed by atoms with Crippen molar-refractivity contribution in [3.63, 3.8) is 0 Å². The third-order valence-corrected chi connectivity index (χ3v) is 5.07. The number of alkyl halides is 3. The smallest absolute Gasteiger partial charge is 0.417 e. The Kier molecular flexibility index (Phi) is 8.20. The van der Waals surface area contributed by atoms with Gasteiger partial charge in [-0.25, -0.2) is 5.06 Å². The average molecular weight is 446 g/mol. The van der Waals surface area contributed by atoms with E-state index >= 15 is 0 Å². The van der Waals surface area contributed by atoms with Gasteiger partial charge < -0.3 is 10.1 Å². The van der Waals surface area contributed by atoms with Crippen LogP contribution in [0.2, 0.25) is 0 Å². The second-order valence-corrected chi connectivity index (χ2v) is 7.32. The molecule has 2 N–H and O–H groups in total. The summed E-state index contributed by atoms with van der Waals surface area (Å²) in [6.07, 6.45) is -1.38. The van der Waals surface area contributed by atoms with Crippen LogP contribution in [0.1, 0.15) is 44.6 Å². The lowest BCUT2D eigenvalue weighted by Crippen LogP contribution is -2.46. The molecule has 1 aliphatic rings. The first kappa shape index (κ1) is 24.4. The highest BCUT2D eigenvalue weighted by atomic mass is 19.4. The first-order valence-electron chi connectivity index (χ1n) is 9.87. The van der Waals surface area contributed by atoms with Crippen LogP contribution in [0, 0.1) is 5.92 Å². The molecule has 1 aromatic rings. The van der Waals surface area contributed by atoms with Gasteiger partial charge in [0.25, 0.3) is 5.91 Å². The predicted molar refractivity (Wildman–Crippen MR) is 99.5 cm³/mol. The van der Waals surface area contributed by atoms with E-state index in [1.807, 2.05) is 6.92 Å². The second-order valence-electron chi connectivity index (χ2n) is 7.32. The molecule has 0 aliphatic carbocycles. The minimum Gasteiger partial charge on any atom is -0.427 e. The van der Waals surface area contributed by atoms with Crippen molar-refractivity contribution in [3.8, 4) is 0 Å². The van der Waals surface area contributed by atoms with E-state index in [0.29, 0.717) is 43.0 Å². The van der Waals surface area contributed by atoms with E-state index in [1.165, 1.54) is 4.90 Å². The van der Waals surface area contributed by atoms with Crippen LogP contribution in [0.15, 0.2) is 23.3 Å². The maximum absolute atomic E-state index is 13.0. The summed E-state index contributed by atoms with van der Waals surface area (Å²) in [5, 5.41) is 19.6. The fraction of sp³-hybridized carbons (Fsp3) is 0.579. The van der Waals surface area contributed by atoms with E-state index in [4.69, 9.17) is 0 Å². The Morgan fingerprint density at radius 1 is 1.39 bits per heavy atom. The lowest BCUT2D eigenvalue weighted by Gasteiger charge is -2.28. The number of halogens is 3. The zero-order valence-corrected chi connectivity index (χ0v) is 17.0. The number of amides is 3. The lowest BCUT2D eigenvalue weighted by molar-refractivity contribution is -0.157. The quantitative estimate of drug-likeness (QED) is 0.274. The maximum Gasteiger partial charge on any atom is 0.417 e. The fourth-order valence-corrected chi connectivity index (χ4v) is 3.46. The summed E-state index contributed by atoms with van der Waals surface area (Å²) in [6, 6.07) is 0.605.